The molecule has 1 aliphatic heterocycles. The lowest BCUT2D eigenvalue weighted by Gasteiger charge is -2.40. The molecule has 8 heteroatoms. The van der Waals surface area contributed by atoms with E-state index >= 15 is 0 Å². The second-order valence-electron chi connectivity index (χ2n) is 9.76. The van der Waals surface area contributed by atoms with Crippen LogP contribution in [0.25, 0.3) is 16.7 Å². The van der Waals surface area contributed by atoms with Crippen LogP contribution in [0.1, 0.15) is 23.6 Å². The number of hydrogen-bond donors (Lipinski definition) is 0. The maximum absolute atomic E-state index is 13.1. The van der Waals surface area contributed by atoms with Crippen LogP contribution >= 0.6 is 0 Å². The van der Waals surface area contributed by atoms with E-state index in [0.29, 0.717) is 24.1 Å². The summed E-state index contributed by atoms with van der Waals surface area (Å²) in [6.07, 6.45) is 3.31. The highest BCUT2D eigenvalue weighted by atomic mass is 16.2. The van der Waals surface area contributed by atoms with Crippen LogP contribution in [-0.4, -0.2) is 61.2 Å². The minimum Gasteiger partial charge on any atom is -0.340 e. The van der Waals surface area contributed by atoms with Gasteiger partial charge in [-0.3, -0.25) is 19.1 Å². The van der Waals surface area contributed by atoms with E-state index in [-0.39, 0.29) is 30.5 Å². The highest BCUT2D eigenvalue weighted by Crippen LogP contribution is 2.29. The Morgan fingerprint density at radius 1 is 0.795 bits per heavy atom. The molecule has 2 aromatic heterocycles. The zero-order valence-corrected chi connectivity index (χ0v) is 21.6. The minimum absolute atomic E-state index is 0.0533. The lowest BCUT2D eigenvalue weighted by atomic mass is 9.96. The molecule has 1 fully saturated rings. The van der Waals surface area contributed by atoms with Crippen LogP contribution in [0.15, 0.2) is 108 Å². The van der Waals surface area contributed by atoms with Crippen molar-refractivity contribution in [2.75, 3.05) is 26.2 Å². The fourth-order valence-electron chi connectivity index (χ4n) is 5.35. The Balaban J connectivity index is 1.11. The molecule has 39 heavy (non-hydrogen) atoms. The van der Waals surface area contributed by atoms with Crippen molar-refractivity contribution < 1.29 is 4.79 Å². The predicted molar refractivity (Wildman–Crippen MR) is 151 cm³/mol. The average molecular weight is 519 g/mol. The van der Waals surface area contributed by atoms with Crippen LogP contribution in [0.4, 0.5) is 0 Å². The maximum Gasteiger partial charge on any atom is 0.264 e. The van der Waals surface area contributed by atoms with Crippen LogP contribution < -0.4 is 5.56 Å². The molecular formula is C31H30N6O2. The zero-order chi connectivity index (χ0) is 26.6. The molecular weight excluding hydrogens is 488 g/mol. The van der Waals surface area contributed by atoms with E-state index in [4.69, 9.17) is 0 Å². The standard InChI is InChI=1S/C31H30N6O2/c38-28(16-17-36-23-32-30-27(31(36)39)22-33-37(30)26-14-8-3-9-15-26)34-18-20-35(21-19-34)29(24-10-4-1-5-11-24)25-12-6-2-7-13-25/h1-15,22-23,29H,16-21H2. The first-order chi connectivity index (χ1) is 19.2. The molecule has 8 nitrogen and oxygen atoms in total. The van der Waals surface area contributed by atoms with Crippen molar-refractivity contribution >= 4 is 16.9 Å². The molecule has 0 saturated carbocycles. The molecule has 3 heterocycles. The fourth-order valence-corrected chi connectivity index (χ4v) is 5.35. The first-order valence-corrected chi connectivity index (χ1v) is 13.3. The SMILES string of the molecule is O=C(CCn1cnc2c(cnn2-c2ccccc2)c1=O)N1CCN(C(c2ccccc2)c2ccccc2)CC1. The van der Waals surface area contributed by atoms with Gasteiger partial charge in [-0.05, 0) is 23.3 Å². The Labute approximate surface area is 226 Å². The van der Waals surface area contributed by atoms with Gasteiger partial charge >= 0.3 is 0 Å². The van der Waals surface area contributed by atoms with Crippen LogP contribution in [-0.2, 0) is 11.3 Å². The van der Waals surface area contributed by atoms with Gasteiger partial charge in [-0.25, -0.2) is 9.67 Å². The number of nitrogens with zero attached hydrogens (tertiary/aromatic N) is 6. The number of aromatic nitrogens is 4. The van der Waals surface area contributed by atoms with E-state index in [1.165, 1.54) is 22.0 Å². The molecule has 0 atom stereocenters. The highest BCUT2D eigenvalue weighted by molar-refractivity contribution is 5.77. The van der Waals surface area contributed by atoms with E-state index in [2.05, 4.69) is 63.5 Å². The number of rotatable bonds is 7. The van der Waals surface area contributed by atoms with Gasteiger partial charge in [0.25, 0.3) is 5.56 Å². The second kappa shape index (κ2) is 11.0. The quantitative estimate of drug-likeness (QED) is 0.327. The van der Waals surface area contributed by atoms with Gasteiger partial charge in [-0.1, -0.05) is 78.9 Å². The molecule has 1 saturated heterocycles. The van der Waals surface area contributed by atoms with Gasteiger partial charge in [0.15, 0.2) is 5.65 Å². The smallest absolute Gasteiger partial charge is 0.264 e. The first-order valence-electron chi connectivity index (χ1n) is 13.3. The summed E-state index contributed by atoms with van der Waals surface area (Å²) in [6.45, 7) is 3.17. The molecule has 0 bridgehead atoms. The Kier molecular flexibility index (Phi) is 7.01. The van der Waals surface area contributed by atoms with Gasteiger partial charge in [0, 0.05) is 39.1 Å². The van der Waals surface area contributed by atoms with Gasteiger partial charge in [0.1, 0.15) is 5.39 Å². The van der Waals surface area contributed by atoms with Gasteiger partial charge in [0.05, 0.1) is 24.3 Å². The van der Waals surface area contributed by atoms with Gasteiger partial charge in [0.2, 0.25) is 5.91 Å². The summed E-state index contributed by atoms with van der Waals surface area (Å²) < 4.78 is 3.16. The fraction of sp³-hybridized carbons (Fsp3) is 0.226. The highest BCUT2D eigenvalue weighted by Gasteiger charge is 2.28. The third-order valence-corrected chi connectivity index (χ3v) is 7.38. The monoisotopic (exact) mass is 518 g/mol. The normalized spacial score (nSPS) is 14.2. The third-order valence-electron chi connectivity index (χ3n) is 7.38. The van der Waals surface area contributed by atoms with Crippen LogP contribution in [0.3, 0.4) is 0 Å². The molecule has 0 N–H and O–H groups in total. The molecule has 0 aliphatic carbocycles. The van der Waals surface area contributed by atoms with Crippen molar-refractivity contribution in [3.8, 4) is 5.69 Å². The third kappa shape index (κ3) is 5.11. The van der Waals surface area contributed by atoms with Crippen LogP contribution in [0.2, 0.25) is 0 Å². The van der Waals surface area contributed by atoms with Crippen molar-refractivity contribution in [2.24, 2.45) is 0 Å². The van der Waals surface area contributed by atoms with E-state index in [0.717, 1.165) is 18.8 Å². The lowest BCUT2D eigenvalue weighted by molar-refractivity contribution is -0.133. The van der Waals surface area contributed by atoms with Gasteiger partial charge in [-0.15, -0.1) is 0 Å². The molecule has 1 amide bonds. The van der Waals surface area contributed by atoms with Crippen LogP contribution in [0.5, 0.6) is 0 Å². The summed E-state index contributed by atoms with van der Waals surface area (Å²) in [4.78, 5) is 35.0. The van der Waals surface area contributed by atoms with E-state index in [9.17, 15) is 9.59 Å². The summed E-state index contributed by atoms with van der Waals surface area (Å²) in [5.74, 6) is 0.0533. The molecule has 1 aliphatic rings. The Morgan fingerprint density at radius 3 is 2.00 bits per heavy atom. The number of fused-ring (bicyclic) bond motifs is 1. The Morgan fingerprint density at radius 2 is 1.38 bits per heavy atom. The number of benzene rings is 3. The number of carbonyl (C=O) groups is 1. The number of hydrogen-bond acceptors (Lipinski definition) is 5. The molecule has 0 spiro atoms. The van der Waals surface area contributed by atoms with Crippen molar-refractivity contribution in [3.63, 3.8) is 0 Å². The topological polar surface area (TPSA) is 76.3 Å². The summed E-state index contributed by atoms with van der Waals surface area (Å²) in [6, 6.07) is 30.8. The first kappa shape index (κ1) is 24.8. The van der Waals surface area contributed by atoms with Crippen molar-refractivity contribution in [1.29, 1.82) is 0 Å². The van der Waals surface area contributed by atoms with E-state index in [1.807, 2.05) is 47.4 Å². The van der Waals surface area contributed by atoms with E-state index in [1.54, 1.807) is 10.9 Å². The lowest BCUT2D eigenvalue weighted by Crippen LogP contribution is -2.50. The van der Waals surface area contributed by atoms with Crippen LogP contribution in [0, 0.1) is 0 Å². The number of carbonyl (C=O) groups excluding carboxylic acids is 1. The largest absolute Gasteiger partial charge is 0.340 e. The number of amides is 1. The molecule has 6 rings (SSSR count). The molecule has 0 radical (unpaired) electrons. The van der Waals surface area contributed by atoms with E-state index < -0.39 is 0 Å². The van der Waals surface area contributed by atoms with Gasteiger partial charge in [-0.2, -0.15) is 5.10 Å². The second-order valence-corrected chi connectivity index (χ2v) is 9.76. The Bertz CT molecular complexity index is 1570. The van der Waals surface area contributed by atoms with Crippen molar-refractivity contribution in [2.45, 2.75) is 19.0 Å². The number of piperazine rings is 1. The minimum atomic E-state index is -0.187. The predicted octanol–water partition coefficient (Wildman–Crippen LogP) is 3.91. The zero-order valence-electron chi connectivity index (χ0n) is 21.6. The summed E-state index contributed by atoms with van der Waals surface area (Å²) in [5.41, 5.74) is 3.67. The summed E-state index contributed by atoms with van der Waals surface area (Å²) in [5, 5.41) is 4.80. The Hall–Kier alpha value is -4.56. The molecule has 5 aromatic rings. The number of aryl methyl sites for hydroxylation is 1. The average Bonchev–Trinajstić information content (AvgIpc) is 3.44. The summed E-state index contributed by atoms with van der Waals surface area (Å²) in [7, 11) is 0. The number of para-hydroxylation sites is 1. The maximum atomic E-state index is 13.1. The molecule has 196 valence electrons. The molecule has 3 aromatic carbocycles. The summed E-state index contributed by atoms with van der Waals surface area (Å²) >= 11 is 0. The van der Waals surface area contributed by atoms with Crippen molar-refractivity contribution in [3.05, 3.63) is 125 Å². The van der Waals surface area contributed by atoms with Gasteiger partial charge < -0.3 is 4.90 Å². The molecule has 0 unspecified atom stereocenters. The van der Waals surface area contributed by atoms with Crippen molar-refractivity contribution in [1.82, 2.24) is 29.1 Å².